The predicted molar refractivity (Wildman–Crippen MR) is 130 cm³/mol. The maximum Gasteiger partial charge on any atom is 0.573 e. The summed E-state index contributed by atoms with van der Waals surface area (Å²) in [4.78, 5) is 7.94. The van der Waals surface area contributed by atoms with Crippen LogP contribution < -0.4 is 19.5 Å². The molecule has 0 unspecified atom stereocenters. The lowest BCUT2D eigenvalue weighted by Gasteiger charge is -2.29. The van der Waals surface area contributed by atoms with Crippen LogP contribution in [0, 0.1) is 12.8 Å². The fraction of sp³-hybridized carbons (Fsp3) is 0.370. The lowest BCUT2D eigenvalue weighted by Crippen LogP contribution is -2.40. The molecule has 2 aromatic carbocycles. The Morgan fingerprint density at radius 3 is 2.86 bits per heavy atom. The molecule has 4 aromatic rings. The number of ether oxygens (including phenoxy) is 3. The van der Waals surface area contributed by atoms with E-state index in [1.54, 1.807) is 6.07 Å². The van der Waals surface area contributed by atoms with Crippen molar-refractivity contribution in [1.82, 2.24) is 15.3 Å². The van der Waals surface area contributed by atoms with Crippen molar-refractivity contribution in [3.8, 4) is 17.2 Å². The molecule has 0 saturated carbocycles. The van der Waals surface area contributed by atoms with Gasteiger partial charge >= 0.3 is 6.36 Å². The number of hydrogen-bond donors (Lipinski definition) is 2. The molecule has 6 rings (SSSR count). The zero-order valence-corrected chi connectivity index (χ0v) is 19.7. The third-order valence-corrected chi connectivity index (χ3v) is 6.93. The summed E-state index contributed by atoms with van der Waals surface area (Å²) in [7, 11) is 0. The Kier molecular flexibility index (Phi) is 5.67. The smallest absolute Gasteiger partial charge is 0.486 e. The lowest BCUT2D eigenvalue weighted by molar-refractivity contribution is -0.274. The summed E-state index contributed by atoms with van der Waals surface area (Å²) < 4.78 is 54.4. The van der Waals surface area contributed by atoms with Gasteiger partial charge in [-0.15, -0.1) is 13.2 Å². The number of aryl methyl sites for hydroxylation is 2. The van der Waals surface area contributed by atoms with Crippen LogP contribution in [-0.4, -0.2) is 42.1 Å². The summed E-state index contributed by atoms with van der Waals surface area (Å²) >= 11 is 0. The minimum absolute atomic E-state index is 0.126. The van der Waals surface area contributed by atoms with Gasteiger partial charge in [0.2, 0.25) is 0 Å². The molecule has 2 N–H and O–H groups in total. The van der Waals surface area contributed by atoms with E-state index in [1.807, 2.05) is 31.2 Å². The lowest BCUT2D eigenvalue weighted by atomic mass is 9.86. The van der Waals surface area contributed by atoms with Crippen molar-refractivity contribution in [2.24, 2.45) is 5.92 Å². The average Bonchev–Trinajstić information content (AvgIpc) is 3.20. The number of H-pyrrole nitrogens is 1. The molecule has 9 heteroatoms. The first-order chi connectivity index (χ1) is 17.3. The molecule has 1 aliphatic carbocycles. The van der Waals surface area contributed by atoms with Crippen LogP contribution in [-0.2, 0) is 12.8 Å². The van der Waals surface area contributed by atoms with Crippen LogP contribution in [0.2, 0.25) is 0 Å². The molecule has 0 saturated heterocycles. The van der Waals surface area contributed by atoms with Gasteiger partial charge in [0.15, 0.2) is 11.5 Å². The molecule has 2 aromatic heterocycles. The van der Waals surface area contributed by atoms with Crippen LogP contribution in [0.25, 0.3) is 21.8 Å². The third-order valence-electron chi connectivity index (χ3n) is 6.93. The Labute approximate surface area is 205 Å². The highest BCUT2D eigenvalue weighted by Gasteiger charge is 2.32. The fourth-order valence-electron chi connectivity index (χ4n) is 5.27. The highest BCUT2D eigenvalue weighted by Crippen LogP contribution is 2.38. The van der Waals surface area contributed by atoms with Gasteiger partial charge in [-0.25, -0.2) is 0 Å². The largest absolute Gasteiger partial charge is 0.573 e. The van der Waals surface area contributed by atoms with E-state index < -0.39 is 6.36 Å². The first-order valence-electron chi connectivity index (χ1n) is 12.1. The van der Waals surface area contributed by atoms with E-state index in [0.717, 1.165) is 76.1 Å². The Bertz CT molecular complexity index is 1430. The normalized spacial score (nSPS) is 19.4. The van der Waals surface area contributed by atoms with Crippen molar-refractivity contribution in [2.75, 3.05) is 19.7 Å². The second-order valence-corrected chi connectivity index (χ2v) is 9.57. The molecule has 2 aliphatic rings. The molecular formula is C27H26F3N3O3. The summed E-state index contributed by atoms with van der Waals surface area (Å²) in [6.45, 7) is 3.84. The number of halogens is 3. The van der Waals surface area contributed by atoms with Crippen molar-refractivity contribution < 1.29 is 27.4 Å². The van der Waals surface area contributed by atoms with E-state index in [-0.39, 0.29) is 11.9 Å². The maximum absolute atomic E-state index is 12.7. The van der Waals surface area contributed by atoms with Crippen LogP contribution in [0.4, 0.5) is 13.2 Å². The summed E-state index contributed by atoms with van der Waals surface area (Å²) in [5, 5.41) is 5.26. The topological polar surface area (TPSA) is 68.4 Å². The standard InChI is InChI=1S/C27H26F3N3O3/c1-15-2-5-19-22(32-15)8-9-25-26(19)35-18(14-34-25)13-31-12-16-3-6-23-20(10-16)21-11-17(36-27(28,29)30)4-7-24(21)33-23/h2,4-5,7-9,11,16,18,31,33H,3,6,10,12-14H2,1H3/t16-,18+/m0/s1. The summed E-state index contributed by atoms with van der Waals surface area (Å²) in [6.07, 6.45) is -2.18. The zero-order valence-electron chi connectivity index (χ0n) is 19.7. The van der Waals surface area contributed by atoms with Gasteiger partial charge in [0, 0.05) is 34.2 Å². The molecule has 0 fully saturated rings. The van der Waals surface area contributed by atoms with Crippen molar-refractivity contribution in [3.05, 3.63) is 59.4 Å². The van der Waals surface area contributed by atoms with Crippen molar-refractivity contribution >= 4 is 21.8 Å². The Morgan fingerprint density at radius 2 is 2.00 bits per heavy atom. The number of nitrogens with one attached hydrogen (secondary N) is 2. The van der Waals surface area contributed by atoms with Crippen LogP contribution in [0.3, 0.4) is 0 Å². The van der Waals surface area contributed by atoms with E-state index in [1.165, 1.54) is 12.1 Å². The quantitative estimate of drug-likeness (QED) is 0.383. The molecule has 3 heterocycles. The Morgan fingerprint density at radius 1 is 1.11 bits per heavy atom. The van der Waals surface area contributed by atoms with Gasteiger partial charge < -0.3 is 24.5 Å². The summed E-state index contributed by atoms with van der Waals surface area (Å²) in [6, 6.07) is 12.3. The number of aromatic amines is 1. The second kappa shape index (κ2) is 8.89. The molecule has 0 radical (unpaired) electrons. The summed E-state index contributed by atoms with van der Waals surface area (Å²) in [5.41, 5.74) is 4.85. The maximum atomic E-state index is 12.7. The van der Waals surface area contributed by atoms with Gasteiger partial charge in [0.1, 0.15) is 18.5 Å². The predicted octanol–water partition coefficient (Wildman–Crippen LogP) is 5.46. The molecular weight excluding hydrogens is 471 g/mol. The van der Waals surface area contributed by atoms with Crippen LogP contribution in [0.15, 0.2) is 42.5 Å². The van der Waals surface area contributed by atoms with Crippen molar-refractivity contribution in [1.29, 1.82) is 0 Å². The van der Waals surface area contributed by atoms with Crippen LogP contribution in [0.5, 0.6) is 17.2 Å². The monoisotopic (exact) mass is 497 g/mol. The third kappa shape index (κ3) is 4.55. The van der Waals surface area contributed by atoms with Crippen LogP contribution in [0.1, 0.15) is 23.4 Å². The minimum Gasteiger partial charge on any atom is -0.486 e. The first-order valence-corrected chi connectivity index (χ1v) is 12.1. The highest BCUT2D eigenvalue weighted by atomic mass is 19.4. The molecule has 6 nitrogen and oxygen atoms in total. The SMILES string of the molecule is Cc1ccc2c3c(ccc2n1)OC[C@@H](CNC[C@H]1CCc2[nH]c4ccc(OC(F)(F)F)cc4c2C1)O3. The number of alkyl halides is 3. The van der Waals surface area contributed by atoms with Gasteiger partial charge in [-0.05, 0) is 86.7 Å². The van der Waals surface area contributed by atoms with Crippen molar-refractivity contribution in [2.45, 2.75) is 38.7 Å². The molecule has 1 aliphatic heterocycles. The van der Waals surface area contributed by atoms with Gasteiger partial charge in [-0.1, -0.05) is 0 Å². The van der Waals surface area contributed by atoms with Crippen LogP contribution >= 0.6 is 0 Å². The average molecular weight is 498 g/mol. The molecule has 36 heavy (non-hydrogen) atoms. The molecule has 0 amide bonds. The van der Waals surface area contributed by atoms with Gasteiger partial charge in [-0.2, -0.15) is 0 Å². The van der Waals surface area contributed by atoms with E-state index >= 15 is 0 Å². The molecule has 188 valence electrons. The zero-order chi connectivity index (χ0) is 24.9. The van der Waals surface area contributed by atoms with Gasteiger partial charge in [0.25, 0.3) is 0 Å². The second-order valence-electron chi connectivity index (χ2n) is 9.57. The van der Waals surface area contributed by atoms with E-state index in [0.29, 0.717) is 19.1 Å². The Hall–Kier alpha value is -3.46. The van der Waals surface area contributed by atoms with E-state index in [4.69, 9.17) is 9.47 Å². The van der Waals surface area contributed by atoms with E-state index in [2.05, 4.69) is 20.0 Å². The van der Waals surface area contributed by atoms with E-state index in [9.17, 15) is 13.2 Å². The molecule has 0 bridgehead atoms. The summed E-state index contributed by atoms with van der Waals surface area (Å²) in [5.74, 6) is 1.65. The van der Waals surface area contributed by atoms with Gasteiger partial charge in [0.05, 0.1) is 5.52 Å². The minimum atomic E-state index is -4.70. The highest BCUT2D eigenvalue weighted by molar-refractivity contribution is 5.88. The number of pyridine rings is 1. The number of nitrogens with zero attached hydrogens (tertiary/aromatic N) is 1. The number of rotatable bonds is 5. The first kappa shape index (κ1) is 23.0. The van der Waals surface area contributed by atoms with Crippen molar-refractivity contribution in [3.63, 3.8) is 0 Å². The molecule has 0 spiro atoms. The molecule has 2 atom stereocenters. The van der Waals surface area contributed by atoms with Gasteiger partial charge in [-0.3, -0.25) is 4.98 Å². The number of aromatic nitrogens is 2. The fourth-order valence-corrected chi connectivity index (χ4v) is 5.27. The Balaban J connectivity index is 1.10. The number of fused-ring (bicyclic) bond motifs is 6. The number of hydrogen-bond acceptors (Lipinski definition) is 5. The number of benzene rings is 2.